The maximum atomic E-state index is 4.92. The summed E-state index contributed by atoms with van der Waals surface area (Å²) in [7, 11) is 1.95. The van der Waals surface area contributed by atoms with Gasteiger partial charge in [0.1, 0.15) is 0 Å². The minimum atomic E-state index is 0.483. The summed E-state index contributed by atoms with van der Waals surface area (Å²) in [6, 6.07) is 8.31. The molecule has 0 amide bonds. The Morgan fingerprint density at radius 1 is 1.22 bits per heavy atom. The van der Waals surface area contributed by atoms with E-state index in [9.17, 15) is 0 Å². The molecule has 4 heteroatoms. The van der Waals surface area contributed by atoms with Gasteiger partial charge < -0.3 is 5.32 Å². The van der Waals surface area contributed by atoms with Gasteiger partial charge in [-0.2, -0.15) is 0 Å². The fourth-order valence-electron chi connectivity index (χ4n) is 2.69. The number of pyridine rings is 2. The quantitative estimate of drug-likeness (QED) is 0.720. The highest BCUT2D eigenvalue weighted by Gasteiger charge is 2.19. The molecule has 0 aromatic carbocycles. The first-order valence-electron chi connectivity index (χ1n) is 7.63. The molecule has 0 saturated carbocycles. The number of aromatic nitrogens is 2. The third-order valence-electron chi connectivity index (χ3n) is 4.16. The monoisotopic (exact) mass is 319 g/mol. The first kappa shape index (κ1) is 14.2. The van der Waals surface area contributed by atoms with E-state index in [4.69, 9.17) is 4.98 Å². The Bertz CT molecular complexity index is 922. The molecule has 1 aliphatic carbocycles. The summed E-state index contributed by atoms with van der Waals surface area (Å²) in [5.41, 5.74) is 6.88. The first-order chi connectivity index (χ1) is 11.3. The number of hydrogen-bond donors (Lipinski definition) is 1. The summed E-state index contributed by atoms with van der Waals surface area (Å²) in [5, 5.41) is 5.46. The van der Waals surface area contributed by atoms with Gasteiger partial charge in [0.05, 0.1) is 21.6 Å². The number of allylic oxidation sites excluding steroid dienone is 3. The van der Waals surface area contributed by atoms with Crippen LogP contribution in [0.4, 0.5) is 0 Å². The highest BCUT2D eigenvalue weighted by Crippen LogP contribution is 2.34. The molecule has 114 valence electrons. The van der Waals surface area contributed by atoms with Crippen molar-refractivity contribution < 1.29 is 0 Å². The number of nitrogens with one attached hydrogen (secondary N) is 1. The van der Waals surface area contributed by atoms with Crippen molar-refractivity contribution in [2.24, 2.45) is 5.92 Å². The van der Waals surface area contributed by atoms with Gasteiger partial charge in [-0.25, -0.2) is 4.98 Å². The van der Waals surface area contributed by atoms with Crippen molar-refractivity contribution >= 4 is 27.3 Å². The van der Waals surface area contributed by atoms with Gasteiger partial charge >= 0.3 is 0 Å². The summed E-state index contributed by atoms with van der Waals surface area (Å²) >= 11 is 1.73. The highest BCUT2D eigenvalue weighted by atomic mass is 32.1. The number of thiophene rings is 1. The van der Waals surface area contributed by atoms with Gasteiger partial charge in [-0.3, -0.25) is 4.98 Å². The zero-order valence-corrected chi connectivity index (χ0v) is 13.9. The fourth-order valence-corrected chi connectivity index (χ4v) is 3.60. The van der Waals surface area contributed by atoms with Crippen molar-refractivity contribution in [2.75, 3.05) is 7.05 Å². The zero-order valence-electron chi connectivity index (χ0n) is 13.1. The summed E-state index contributed by atoms with van der Waals surface area (Å²) in [4.78, 5) is 9.02. The van der Waals surface area contributed by atoms with Crippen molar-refractivity contribution in [3.05, 3.63) is 65.5 Å². The molecule has 0 aliphatic heterocycles. The lowest BCUT2D eigenvalue weighted by molar-refractivity contribution is 1.06. The number of hydrogen-bond acceptors (Lipinski definition) is 4. The molecule has 4 rings (SSSR count). The van der Waals surface area contributed by atoms with Crippen LogP contribution in [0.1, 0.15) is 12.6 Å². The molecular formula is C19H17N3S. The molecule has 0 spiro atoms. The first-order valence-corrected chi connectivity index (χ1v) is 8.51. The Kier molecular flexibility index (Phi) is 3.46. The second-order valence-corrected chi connectivity index (χ2v) is 6.61. The van der Waals surface area contributed by atoms with Crippen LogP contribution in [0.5, 0.6) is 0 Å². The summed E-state index contributed by atoms with van der Waals surface area (Å²) in [6.45, 7) is 2.16. The van der Waals surface area contributed by atoms with E-state index in [-0.39, 0.29) is 0 Å². The van der Waals surface area contributed by atoms with Crippen LogP contribution in [0.15, 0.2) is 59.8 Å². The van der Waals surface area contributed by atoms with Crippen molar-refractivity contribution in [1.82, 2.24) is 15.3 Å². The number of nitrogens with zero attached hydrogens (tertiary/aromatic N) is 2. The van der Waals surface area contributed by atoms with E-state index in [1.165, 1.54) is 15.8 Å². The molecule has 1 N–H and O–H groups in total. The molecular weight excluding hydrogens is 302 g/mol. The van der Waals surface area contributed by atoms with Gasteiger partial charge in [-0.15, -0.1) is 11.3 Å². The van der Waals surface area contributed by atoms with E-state index in [1.807, 2.05) is 31.6 Å². The van der Waals surface area contributed by atoms with E-state index >= 15 is 0 Å². The van der Waals surface area contributed by atoms with Crippen LogP contribution in [0.2, 0.25) is 0 Å². The predicted molar refractivity (Wildman–Crippen MR) is 97.1 cm³/mol. The number of rotatable bonds is 4. The predicted octanol–water partition coefficient (Wildman–Crippen LogP) is 4.49. The van der Waals surface area contributed by atoms with Crippen LogP contribution in [0.25, 0.3) is 27.0 Å². The topological polar surface area (TPSA) is 37.8 Å². The van der Waals surface area contributed by atoms with Gasteiger partial charge in [-0.05, 0) is 42.8 Å². The molecule has 0 fully saturated rings. The molecule has 1 unspecified atom stereocenters. The van der Waals surface area contributed by atoms with E-state index < -0.39 is 0 Å². The molecule has 23 heavy (non-hydrogen) atoms. The van der Waals surface area contributed by atoms with E-state index in [2.05, 4.69) is 46.9 Å². The molecule has 3 aromatic rings. The van der Waals surface area contributed by atoms with E-state index in [0.717, 1.165) is 22.5 Å². The largest absolute Gasteiger partial charge is 0.387 e. The smallest absolute Gasteiger partial charge is 0.0896 e. The van der Waals surface area contributed by atoms with Crippen LogP contribution in [-0.2, 0) is 0 Å². The maximum absolute atomic E-state index is 4.92. The Balaban J connectivity index is 1.79. The minimum absolute atomic E-state index is 0.483. The lowest BCUT2D eigenvalue weighted by Gasteiger charge is -2.07. The molecule has 1 aliphatic rings. The van der Waals surface area contributed by atoms with Crippen molar-refractivity contribution in [3.8, 4) is 11.1 Å². The average Bonchev–Trinajstić information content (AvgIpc) is 3.12. The molecule has 3 aromatic heterocycles. The Morgan fingerprint density at radius 3 is 2.70 bits per heavy atom. The van der Waals surface area contributed by atoms with Gasteiger partial charge in [0.15, 0.2) is 0 Å². The van der Waals surface area contributed by atoms with Crippen LogP contribution >= 0.6 is 11.3 Å². The van der Waals surface area contributed by atoms with Crippen molar-refractivity contribution in [3.63, 3.8) is 0 Å². The summed E-state index contributed by atoms with van der Waals surface area (Å²) in [6.07, 6.45) is 8.14. The van der Waals surface area contributed by atoms with Crippen LogP contribution in [-0.4, -0.2) is 17.0 Å². The van der Waals surface area contributed by atoms with Gasteiger partial charge in [0, 0.05) is 36.3 Å². The zero-order chi connectivity index (χ0) is 15.8. The second-order valence-electron chi connectivity index (χ2n) is 5.70. The molecule has 3 heterocycles. The SMILES string of the molecule is CN/C(=C\C1C=C1C)c1ccc2scc(-c3ccncc3)c2n1. The lowest BCUT2D eigenvalue weighted by Crippen LogP contribution is -2.07. The molecule has 0 bridgehead atoms. The van der Waals surface area contributed by atoms with E-state index in [0.29, 0.717) is 5.92 Å². The maximum Gasteiger partial charge on any atom is 0.0896 e. The molecule has 0 saturated heterocycles. The van der Waals surface area contributed by atoms with E-state index in [1.54, 1.807) is 11.3 Å². The highest BCUT2D eigenvalue weighted by molar-refractivity contribution is 7.17. The van der Waals surface area contributed by atoms with Crippen LogP contribution in [0.3, 0.4) is 0 Å². The Labute approximate surface area is 139 Å². The third-order valence-corrected chi connectivity index (χ3v) is 5.10. The van der Waals surface area contributed by atoms with Gasteiger partial charge in [0.25, 0.3) is 0 Å². The van der Waals surface area contributed by atoms with Crippen molar-refractivity contribution in [2.45, 2.75) is 6.92 Å². The minimum Gasteiger partial charge on any atom is -0.387 e. The summed E-state index contributed by atoms with van der Waals surface area (Å²) in [5.74, 6) is 0.483. The Morgan fingerprint density at radius 2 is 2.00 bits per heavy atom. The number of fused-ring (bicyclic) bond motifs is 1. The third kappa shape index (κ3) is 2.66. The fraction of sp³-hybridized carbons (Fsp3) is 0.158. The van der Waals surface area contributed by atoms with Gasteiger partial charge in [-0.1, -0.05) is 11.6 Å². The average molecular weight is 319 g/mol. The van der Waals surface area contributed by atoms with Crippen molar-refractivity contribution in [1.29, 1.82) is 0 Å². The molecule has 0 radical (unpaired) electrons. The molecule has 3 nitrogen and oxygen atoms in total. The normalized spacial score (nSPS) is 17.2. The molecule has 1 atom stereocenters. The summed E-state index contributed by atoms with van der Waals surface area (Å²) < 4.78 is 1.21. The Hall–Kier alpha value is -2.46. The lowest BCUT2D eigenvalue weighted by atomic mass is 10.1. The second kappa shape index (κ2) is 5.63. The van der Waals surface area contributed by atoms with Crippen LogP contribution < -0.4 is 5.32 Å². The van der Waals surface area contributed by atoms with Crippen LogP contribution in [0, 0.1) is 5.92 Å². The van der Waals surface area contributed by atoms with Gasteiger partial charge in [0.2, 0.25) is 0 Å². The standard InChI is InChI=1S/C19H17N3S/c1-12-9-14(12)10-17(20-2)16-3-4-18-19(22-16)15(11-23-18)13-5-7-21-8-6-13/h3-11,14,20H,1-2H3/b17-10-.